The molecule has 1 aliphatic heterocycles. The number of Topliss-reactive ketones (excluding diaryl/α,β-unsaturated/α-hetero) is 1. The Morgan fingerprint density at radius 2 is 1.92 bits per heavy atom. The van der Waals surface area contributed by atoms with Gasteiger partial charge >= 0.3 is 6.09 Å². The normalized spacial score (nSPS) is 26.2. The van der Waals surface area contributed by atoms with Gasteiger partial charge in [-0.25, -0.2) is 4.79 Å². The number of fused-ring (bicyclic) bond motifs is 5. The van der Waals surface area contributed by atoms with E-state index >= 15 is 0 Å². The van der Waals surface area contributed by atoms with Gasteiger partial charge in [0.15, 0.2) is 0 Å². The molecule has 1 amide bonds. The lowest BCUT2D eigenvalue weighted by Crippen LogP contribution is -2.48. The van der Waals surface area contributed by atoms with Gasteiger partial charge in [-0.3, -0.25) is 10.1 Å². The van der Waals surface area contributed by atoms with E-state index in [4.69, 9.17) is 4.74 Å². The smallest absolute Gasteiger partial charge is 0.411 e. The molecule has 2 unspecified atom stereocenters. The number of anilines is 1. The maximum Gasteiger partial charge on any atom is 0.411 e. The zero-order valence-electron chi connectivity index (χ0n) is 12.6. The van der Waals surface area contributed by atoms with Crippen molar-refractivity contribution in [3.05, 3.63) is 59.2 Å². The molecule has 1 aliphatic carbocycles. The molecule has 2 aromatic carbocycles. The van der Waals surface area contributed by atoms with Crippen molar-refractivity contribution in [3.63, 3.8) is 0 Å². The number of carbonyl (C=O) groups excluding carboxylic acids is 2. The first kappa shape index (κ1) is 14.7. The van der Waals surface area contributed by atoms with Crippen molar-refractivity contribution in [2.45, 2.75) is 11.4 Å². The largest absolute Gasteiger partial charge is 0.454 e. The highest BCUT2D eigenvalue weighted by atomic mass is 16.7. The molecule has 3 N–H and O–H groups in total. The number of methoxy groups -OCH3 is 1. The Hall–Kier alpha value is -2.90. The molecule has 2 aliphatic rings. The molecule has 0 spiro atoms. The molecule has 24 heavy (non-hydrogen) atoms. The first-order chi connectivity index (χ1) is 11.4. The summed E-state index contributed by atoms with van der Waals surface area (Å²) in [7, 11) is 1.23. The van der Waals surface area contributed by atoms with Gasteiger partial charge < -0.3 is 19.7 Å². The summed E-state index contributed by atoms with van der Waals surface area (Å²) in [6, 6.07) is 10.7. The summed E-state index contributed by atoms with van der Waals surface area (Å²) in [6.45, 7) is 0. The minimum absolute atomic E-state index is 0.108. The van der Waals surface area contributed by atoms with E-state index in [1.165, 1.54) is 37.4 Å². The Labute approximate surface area is 136 Å². The predicted molar refractivity (Wildman–Crippen MR) is 81.7 cm³/mol. The van der Waals surface area contributed by atoms with Crippen LogP contribution in [0, 0.1) is 0 Å². The lowest BCUT2D eigenvalue weighted by Gasteiger charge is -2.28. The van der Waals surface area contributed by atoms with Crippen LogP contribution in [0.4, 0.5) is 10.5 Å². The summed E-state index contributed by atoms with van der Waals surface area (Å²) in [4.78, 5) is 24.0. The van der Waals surface area contributed by atoms with Crippen molar-refractivity contribution in [1.82, 2.24) is 0 Å². The number of carbonyl (C=O) groups is 2. The zero-order valence-corrected chi connectivity index (χ0v) is 12.6. The van der Waals surface area contributed by atoms with E-state index < -0.39 is 23.3 Å². The van der Waals surface area contributed by atoms with Crippen LogP contribution in [0.15, 0.2) is 42.5 Å². The molecule has 2 aromatic rings. The third kappa shape index (κ3) is 1.57. The molecular formula is C17H13NO6. The summed E-state index contributed by atoms with van der Waals surface area (Å²) in [6.07, 6.45) is -0.674. The van der Waals surface area contributed by atoms with Gasteiger partial charge in [-0.2, -0.15) is 0 Å². The van der Waals surface area contributed by atoms with Gasteiger partial charge in [-0.15, -0.1) is 0 Å². The maximum absolute atomic E-state index is 12.7. The Kier molecular flexibility index (Phi) is 2.79. The molecule has 0 aromatic heterocycles. The fraction of sp³-hybridized carbons (Fsp3) is 0.176. The fourth-order valence-electron chi connectivity index (χ4n) is 3.27. The SMILES string of the molecule is COC(=O)Nc1ccc2c(c1)OC1(O)c3ccccc3C(=O)C21O. The monoisotopic (exact) mass is 327 g/mol. The summed E-state index contributed by atoms with van der Waals surface area (Å²) < 4.78 is 10.1. The second kappa shape index (κ2) is 4.56. The van der Waals surface area contributed by atoms with E-state index in [0.717, 1.165) is 0 Å². The minimum atomic E-state index is -2.23. The van der Waals surface area contributed by atoms with Crippen molar-refractivity contribution < 1.29 is 29.3 Å². The fourth-order valence-corrected chi connectivity index (χ4v) is 3.27. The number of amides is 1. The lowest BCUT2D eigenvalue weighted by molar-refractivity contribution is -0.224. The van der Waals surface area contributed by atoms with Gasteiger partial charge in [0.05, 0.1) is 7.11 Å². The van der Waals surface area contributed by atoms with Crippen LogP contribution in [-0.4, -0.2) is 29.2 Å². The van der Waals surface area contributed by atoms with Crippen molar-refractivity contribution in [1.29, 1.82) is 0 Å². The number of ether oxygens (including phenoxy) is 2. The Balaban J connectivity index is 1.84. The van der Waals surface area contributed by atoms with Crippen molar-refractivity contribution in [3.8, 4) is 5.75 Å². The standard InChI is InChI=1S/C17H13NO6/c1-23-15(20)18-9-6-7-12-13(8-9)24-17(22)11-5-3-2-4-10(11)14(19)16(12,17)21/h2-8,21-22H,1H3,(H,18,20). The van der Waals surface area contributed by atoms with E-state index in [-0.39, 0.29) is 22.4 Å². The molecule has 0 saturated carbocycles. The summed E-state index contributed by atoms with van der Waals surface area (Å²) >= 11 is 0. The highest BCUT2D eigenvalue weighted by Gasteiger charge is 2.70. The number of benzene rings is 2. The maximum atomic E-state index is 12.7. The number of hydrogen-bond acceptors (Lipinski definition) is 6. The average Bonchev–Trinajstić information content (AvgIpc) is 2.91. The van der Waals surface area contributed by atoms with Crippen LogP contribution in [0.3, 0.4) is 0 Å². The van der Waals surface area contributed by atoms with Crippen LogP contribution >= 0.6 is 0 Å². The van der Waals surface area contributed by atoms with Crippen LogP contribution < -0.4 is 10.1 Å². The highest BCUT2D eigenvalue weighted by Crippen LogP contribution is 2.58. The molecule has 4 rings (SSSR count). The third-order valence-corrected chi connectivity index (χ3v) is 4.42. The summed E-state index contributed by atoms with van der Waals surface area (Å²) in [5, 5.41) is 24.4. The van der Waals surface area contributed by atoms with Crippen molar-refractivity contribution in [2.24, 2.45) is 0 Å². The summed E-state index contributed by atoms with van der Waals surface area (Å²) in [5.41, 5.74) is -1.33. The number of hydrogen-bond donors (Lipinski definition) is 3. The van der Waals surface area contributed by atoms with Gasteiger partial charge in [-0.1, -0.05) is 24.3 Å². The van der Waals surface area contributed by atoms with E-state index in [1.807, 2.05) is 0 Å². The third-order valence-electron chi connectivity index (χ3n) is 4.42. The second-order valence-corrected chi connectivity index (χ2v) is 5.66. The van der Waals surface area contributed by atoms with Crippen LogP contribution in [0.5, 0.6) is 5.75 Å². The van der Waals surface area contributed by atoms with Crippen LogP contribution in [0.25, 0.3) is 0 Å². The predicted octanol–water partition coefficient (Wildman–Crippen LogP) is 1.49. The van der Waals surface area contributed by atoms with Crippen LogP contribution in [0.1, 0.15) is 21.5 Å². The highest BCUT2D eigenvalue weighted by molar-refractivity contribution is 6.09. The van der Waals surface area contributed by atoms with Crippen molar-refractivity contribution >= 4 is 17.6 Å². The molecule has 7 heteroatoms. The first-order valence-electron chi connectivity index (χ1n) is 7.19. The van der Waals surface area contributed by atoms with Gasteiger partial charge in [-0.05, 0) is 12.1 Å². The van der Waals surface area contributed by atoms with Gasteiger partial charge in [0, 0.05) is 28.4 Å². The molecular weight excluding hydrogens is 314 g/mol. The molecule has 7 nitrogen and oxygen atoms in total. The molecule has 0 radical (unpaired) electrons. The van der Waals surface area contributed by atoms with Crippen molar-refractivity contribution in [2.75, 3.05) is 12.4 Å². The summed E-state index contributed by atoms with van der Waals surface area (Å²) in [5.74, 6) is -2.72. The molecule has 0 fully saturated rings. The van der Waals surface area contributed by atoms with E-state index in [1.54, 1.807) is 12.1 Å². The quantitative estimate of drug-likeness (QED) is 0.733. The van der Waals surface area contributed by atoms with E-state index in [9.17, 15) is 19.8 Å². The Morgan fingerprint density at radius 1 is 1.17 bits per heavy atom. The Bertz CT molecular complexity index is 894. The molecule has 2 atom stereocenters. The molecule has 0 bridgehead atoms. The van der Waals surface area contributed by atoms with Gasteiger partial charge in [0.25, 0.3) is 5.79 Å². The topological polar surface area (TPSA) is 105 Å². The van der Waals surface area contributed by atoms with Crippen LogP contribution in [0.2, 0.25) is 0 Å². The second-order valence-electron chi connectivity index (χ2n) is 5.66. The molecule has 122 valence electrons. The molecule has 0 saturated heterocycles. The number of rotatable bonds is 1. The average molecular weight is 327 g/mol. The number of ketones is 1. The minimum Gasteiger partial charge on any atom is -0.454 e. The zero-order chi connectivity index (χ0) is 17.1. The van der Waals surface area contributed by atoms with Gasteiger partial charge in [0.1, 0.15) is 5.75 Å². The lowest BCUT2D eigenvalue weighted by atomic mass is 9.87. The number of nitrogens with one attached hydrogen (secondary N) is 1. The van der Waals surface area contributed by atoms with Crippen LogP contribution in [-0.2, 0) is 16.1 Å². The van der Waals surface area contributed by atoms with Gasteiger partial charge in [0.2, 0.25) is 11.4 Å². The molecule has 1 heterocycles. The first-order valence-corrected chi connectivity index (χ1v) is 7.19. The number of aliphatic hydroxyl groups is 2. The van der Waals surface area contributed by atoms with E-state index in [0.29, 0.717) is 5.69 Å². The van der Waals surface area contributed by atoms with E-state index in [2.05, 4.69) is 10.1 Å². The Morgan fingerprint density at radius 3 is 2.67 bits per heavy atom.